The molecule has 0 saturated carbocycles. The maximum absolute atomic E-state index is 5.04. The van der Waals surface area contributed by atoms with E-state index in [1.54, 1.807) is 11.3 Å². The Labute approximate surface area is 172 Å². The Kier molecular flexibility index (Phi) is 3.68. The van der Waals surface area contributed by atoms with Gasteiger partial charge in [-0.05, 0) is 22.9 Å². The molecular formula is C26H16N2S. The molecule has 0 bridgehead atoms. The smallest absolute Gasteiger partial charge is 0.161 e. The van der Waals surface area contributed by atoms with Crippen LogP contribution < -0.4 is 0 Å². The molecule has 29 heavy (non-hydrogen) atoms. The summed E-state index contributed by atoms with van der Waals surface area (Å²) in [7, 11) is 0. The molecule has 2 nitrogen and oxygen atoms in total. The van der Waals surface area contributed by atoms with Crippen LogP contribution >= 0.6 is 11.3 Å². The first-order valence-electron chi connectivity index (χ1n) is 9.61. The molecule has 2 heterocycles. The Morgan fingerprint density at radius 3 is 1.93 bits per heavy atom. The van der Waals surface area contributed by atoms with Gasteiger partial charge in [-0.1, -0.05) is 84.9 Å². The van der Waals surface area contributed by atoms with Crippen LogP contribution in [0.15, 0.2) is 97.1 Å². The van der Waals surface area contributed by atoms with Crippen molar-refractivity contribution in [1.82, 2.24) is 9.97 Å². The van der Waals surface area contributed by atoms with Gasteiger partial charge < -0.3 is 0 Å². The minimum absolute atomic E-state index is 0.771. The first kappa shape index (κ1) is 16.4. The second-order valence-corrected chi connectivity index (χ2v) is 8.14. The summed E-state index contributed by atoms with van der Waals surface area (Å²) in [5, 5.41) is 4.86. The molecule has 0 spiro atoms. The number of hydrogen-bond donors (Lipinski definition) is 0. The third-order valence-electron chi connectivity index (χ3n) is 5.28. The highest BCUT2D eigenvalue weighted by Gasteiger charge is 2.17. The fourth-order valence-corrected chi connectivity index (χ4v) is 4.99. The highest BCUT2D eigenvalue weighted by molar-refractivity contribution is 7.25. The van der Waals surface area contributed by atoms with Crippen LogP contribution in [0.2, 0.25) is 0 Å². The largest absolute Gasteiger partial charge is 0.227 e. The Bertz CT molecular complexity index is 1490. The second kappa shape index (κ2) is 6.50. The van der Waals surface area contributed by atoms with Gasteiger partial charge in [-0.25, -0.2) is 9.97 Å². The van der Waals surface area contributed by atoms with E-state index < -0.39 is 0 Å². The maximum atomic E-state index is 5.04. The fraction of sp³-hybridized carbons (Fsp3) is 0. The van der Waals surface area contributed by atoms with E-state index in [0.717, 1.165) is 32.9 Å². The van der Waals surface area contributed by atoms with E-state index in [1.807, 2.05) is 24.3 Å². The van der Waals surface area contributed by atoms with Crippen molar-refractivity contribution in [3.05, 3.63) is 97.1 Å². The molecule has 0 amide bonds. The molecule has 136 valence electrons. The molecular weight excluding hydrogens is 372 g/mol. The molecule has 0 radical (unpaired) electrons. The highest BCUT2D eigenvalue weighted by Crippen LogP contribution is 2.40. The van der Waals surface area contributed by atoms with Crippen molar-refractivity contribution in [3.63, 3.8) is 0 Å². The second-order valence-electron chi connectivity index (χ2n) is 7.11. The van der Waals surface area contributed by atoms with Crippen LogP contribution in [0, 0.1) is 0 Å². The lowest BCUT2D eigenvalue weighted by Crippen LogP contribution is -1.93. The Morgan fingerprint density at radius 2 is 1.21 bits per heavy atom. The number of hydrogen-bond acceptors (Lipinski definition) is 3. The highest BCUT2D eigenvalue weighted by atomic mass is 32.1. The lowest BCUT2D eigenvalue weighted by molar-refractivity contribution is 1.24. The average molecular weight is 388 g/mol. The molecule has 0 N–H and O–H groups in total. The normalized spacial score (nSPS) is 11.4. The van der Waals surface area contributed by atoms with Crippen molar-refractivity contribution in [3.8, 4) is 22.6 Å². The van der Waals surface area contributed by atoms with Gasteiger partial charge in [0.05, 0.1) is 5.69 Å². The van der Waals surface area contributed by atoms with E-state index in [0.29, 0.717) is 0 Å². The Hall–Kier alpha value is -3.56. The van der Waals surface area contributed by atoms with Gasteiger partial charge in [0.2, 0.25) is 0 Å². The summed E-state index contributed by atoms with van der Waals surface area (Å²) >= 11 is 1.74. The standard InChI is InChI=1S/C26H16N2S/c1-3-9-17(10-4-1)24-23-21-15-19-13-7-8-14-20(19)16-22(21)29-26(23)28-25(27-24)18-11-5-2-6-12-18/h1-16H. The van der Waals surface area contributed by atoms with Gasteiger partial charge in [0.1, 0.15) is 4.83 Å². The quantitative estimate of drug-likeness (QED) is 0.310. The molecule has 2 aromatic heterocycles. The molecule has 6 rings (SSSR count). The Balaban J connectivity index is 1.75. The molecule has 0 atom stereocenters. The van der Waals surface area contributed by atoms with E-state index in [1.165, 1.54) is 20.9 Å². The number of aromatic nitrogens is 2. The van der Waals surface area contributed by atoms with Crippen molar-refractivity contribution < 1.29 is 0 Å². The zero-order chi connectivity index (χ0) is 19.2. The van der Waals surface area contributed by atoms with E-state index in [2.05, 4.69) is 72.8 Å². The van der Waals surface area contributed by atoms with Crippen molar-refractivity contribution in [2.45, 2.75) is 0 Å². The molecule has 0 aliphatic heterocycles. The molecule has 6 aromatic rings. The number of benzene rings is 4. The van der Waals surface area contributed by atoms with Gasteiger partial charge >= 0.3 is 0 Å². The Morgan fingerprint density at radius 1 is 0.586 bits per heavy atom. The van der Waals surface area contributed by atoms with Crippen LogP contribution in [0.3, 0.4) is 0 Å². The van der Waals surface area contributed by atoms with Crippen molar-refractivity contribution in [2.24, 2.45) is 0 Å². The maximum Gasteiger partial charge on any atom is 0.161 e. The van der Waals surface area contributed by atoms with E-state index in [-0.39, 0.29) is 0 Å². The van der Waals surface area contributed by atoms with E-state index in [9.17, 15) is 0 Å². The summed E-state index contributed by atoms with van der Waals surface area (Å²) in [5.41, 5.74) is 3.15. The monoisotopic (exact) mass is 388 g/mol. The minimum atomic E-state index is 0.771. The summed E-state index contributed by atoms with van der Waals surface area (Å²) in [6, 6.07) is 33.7. The summed E-state index contributed by atoms with van der Waals surface area (Å²) < 4.78 is 1.25. The van der Waals surface area contributed by atoms with Crippen molar-refractivity contribution in [2.75, 3.05) is 0 Å². The van der Waals surface area contributed by atoms with Gasteiger partial charge in [0.15, 0.2) is 5.82 Å². The average Bonchev–Trinajstić information content (AvgIpc) is 3.15. The third kappa shape index (κ3) is 2.71. The number of thiophene rings is 1. The zero-order valence-electron chi connectivity index (χ0n) is 15.5. The number of fused-ring (bicyclic) bond motifs is 4. The van der Waals surface area contributed by atoms with Gasteiger partial charge in [0, 0.05) is 26.6 Å². The van der Waals surface area contributed by atoms with Gasteiger partial charge in [-0.3, -0.25) is 0 Å². The van der Waals surface area contributed by atoms with Crippen LogP contribution in [0.25, 0.3) is 53.7 Å². The molecule has 0 saturated heterocycles. The molecule has 0 fully saturated rings. The van der Waals surface area contributed by atoms with E-state index >= 15 is 0 Å². The van der Waals surface area contributed by atoms with Gasteiger partial charge in [0.25, 0.3) is 0 Å². The number of nitrogens with zero attached hydrogens (tertiary/aromatic N) is 2. The van der Waals surface area contributed by atoms with Gasteiger partial charge in [-0.2, -0.15) is 0 Å². The molecule has 0 aliphatic rings. The fourth-order valence-electron chi connectivity index (χ4n) is 3.88. The van der Waals surface area contributed by atoms with Crippen LogP contribution in [0.4, 0.5) is 0 Å². The molecule has 0 unspecified atom stereocenters. The lowest BCUT2D eigenvalue weighted by atomic mass is 10.0. The van der Waals surface area contributed by atoms with Crippen LogP contribution in [0.5, 0.6) is 0 Å². The number of rotatable bonds is 2. The molecule has 4 aromatic carbocycles. The van der Waals surface area contributed by atoms with Crippen molar-refractivity contribution >= 4 is 42.4 Å². The molecule has 0 aliphatic carbocycles. The summed E-state index contributed by atoms with van der Waals surface area (Å²) in [5.74, 6) is 0.771. The first-order chi connectivity index (χ1) is 14.4. The summed E-state index contributed by atoms with van der Waals surface area (Å²) in [6.07, 6.45) is 0. The van der Waals surface area contributed by atoms with Crippen LogP contribution in [0.1, 0.15) is 0 Å². The van der Waals surface area contributed by atoms with Crippen LogP contribution in [-0.4, -0.2) is 9.97 Å². The van der Waals surface area contributed by atoms with Crippen molar-refractivity contribution in [1.29, 1.82) is 0 Å². The first-order valence-corrected chi connectivity index (χ1v) is 10.4. The summed E-state index contributed by atoms with van der Waals surface area (Å²) in [4.78, 5) is 11.0. The van der Waals surface area contributed by atoms with Crippen LogP contribution in [-0.2, 0) is 0 Å². The molecule has 3 heteroatoms. The predicted molar refractivity (Wildman–Crippen MR) is 123 cm³/mol. The predicted octanol–water partition coefficient (Wildman–Crippen LogP) is 7.33. The van der Waals surface area contributed by atoms with Gasteiger partial charge in [-0.15, -0.1) is 11.3 Å². The topological polar surface area (TPSA) is 25.8 Å². The van der Waals surface area contributed by atoms with E-state index in [4.69, 9.17) is 9.97 Å². The SMILES string of the molecule is c1ccc(-c2nc(-c3ccccc3)c3c(n2)sc2cc4ccccc4cc23)cc1. The third-order valence-corrected chi connectivity index (χ3v) is 6.33. The summed E-state index contributed by atoms with van der Waals surface area (Å²) in [6.45, 7) is 0. The zero-order valence-corrected chi connectivity index (χ0v) is 16.4. The minimum Gasteiger partial charge on any atom is -0.227 e. The lowest BCUT2D eigenvalue weighted by Gasteiger charge is -2.07.